The largest absolute Gasteiger partial charge is 0.450 e. The fraction of sp³-hybridized carbons (Fsp3) is 0.667. The molecule has 7 nitrogen and oxygen atoms in total. The third kappa shape index (κ3) is 3.08. The molecule has 1 aliphatic rings. The molecule has 1 amide bonds. The van der Waals surface area contributed by atoms with Gasteiger partial charge in [0.25, 0.3) is 0 Å². The van der Waals surface area contributed by atoms with Crippen LogP contribution in [0.3, 0.4) is 0 Å². The minimum Gasteiger partial charge on any atom is -0.450 e. The maximum Gasteiger partial charge on any atom is 0.414 e. The van der Waals surface area contributed by atoms with E-state index in [1.165, 1.54) is 0 Å². The Morgan fingerprint density at radius 1 is 1.67 bits per heavy atom. The first-order chi connectivity index (χ1) is 8.72. The Morgan fingerprint density at radius 2 is 2.39 bits per heavy atom. The van der Waals surface area contributed by atoms with Crippen LogP contribution in [0.4, 0.5) is 10.7 Å². The molecular weight excluding hydrogens is 324 g/mol. The zero-order valence-corrected chi connectivity index (χ0v) is 12.3. The van der Waals surface area contributed by atoms with Crippen LogP contribution in [0.1, 0.15) is 6.92 Å². The first-order valence-corrected chi connectivity index (χ1v) is 7.51. The molecule has 2 heterocycles. The second-order valence-electron chi connectivity index (χ2n) is 3.49. The van der Waals surface area contributed by atoms with E-state index in [-0.39, 0.29) is 5.88 Å². The SMILES string of the molecule is CCOC(=O)Nc1on[n+](N2CCSCC2)c1Br. The van der Waals surface area contributed by atoms with Gasteiger partial charge in [-0.2, -0.15) is 16.8 Å². The van der Waals surface area contributed by atoms with Crippen LogP contribution in [0.15, 0.2) is 9.13 Å². The maximum absolute atomic E-state index is 11.3. The second kappa shape index (κ2) is 6.28. The van der Waals surface area contributed by atoms with Crippen molar-refractivity contribution in [2.24, 2.45) is 0 Å². The van der Waals surface area contributed by atoms with Gasteiger partial charge in [-0.25, -0.2) is 4.79 Å². The van der Waals surface area contributed by atoms with E-state index in [0.717, 1.165) is 24.6 Å². The quantitative estimate of drug-likeness (QED) is 0.829. The third-order valence-electron chi connectivity index (χ3n) is 2.32. The van der Waals surface area contributed by atoms with E-state index in [9.17, 15) is 4.79 Å². The molecule has 0 radical (unpaired) electrons. The predicted molar refractivity (Wildman–Crippen MR) is 70.3 cm³/mol. The van der Waals surface area contributed by atoms with Gasteiger partial charge in [0.1, 0.15) is 0 Å². The van der Waals surface area contributed by atoms with Crippen LogP contribution in [-0.2, 0) is 4.74 Å². The number of halogens is 1. The molecule has 2 rings (SSSR count). The van der Waals surface area contributed by atoms with Gasteiger partial charge in [-0.3, -0.25) is 9.84 Å². The highest BCUT2D eigenvalue weighted by Crippen LogP contribution is 2.18. The highest BCUT2D eigenvalue weighted by atomic mass is 79.9. The molecule has 1 aromatic rings. The number of nitrogens with zero attached hydrogens (tertiary/aromatic N) is 3. The number of nitrogens with one attached hydrogen (secondary N) is 1. The van der Waals surface area contributed by atoms with Crippen LogP contribution in [-0.4, -0.2) is 42.6 Å². The zero-order chi connectivity index (χ0) is 13.0. The van der Waals surface area contributed by atoms with Crippen molar-refractivity contribution in [2.45, 2.75) is 6.92 Å². The topological polar surface area (TPSA) is 71.5 Å². The molecule has 0 spiro atoms. The average molecular weight is 338 g/mol. The van der Waals surface area contributed by atoms with E-state index >= 15 is 0 Å². The van der Waals surface area contributed by atoms with Crippen LogP contribution < -0.4 is 15.1 Å². The van der Waals surface area contributed by atoms with Gasteiger partial charge in [-0.05, 0) is 6.92 Å². The first-order valence-electron chi connectivity index (χ1n) is 5.56. The van der Waals surface area contributed by atoms with Gasteiger partial charge in [0.05, 0.1) is 24.5 Å². The van der Waals surface area contributed by atoms with Gasteiger partial charge in [0.2, 0.25) is 5.27 Å². The molecule has 1 fully saturated rings. The lowest BCUT2D eigenvalue weighted by molar-refractivity contribution is -0.767. The van der Waals surface area contributed by atoms with Gasteiger partial charge >= 0.3 is 16.6 Å². The van der Waals surface area contributed by atoms with E-state index < -0.39 is 6.09 Å². The molecule has 1 N–H and O–H groups in total. The lowest BCUT2D eigenvalue weighted by Crippen LogP contribution is -2.62. The predicted octanol–water partition coefficient (Wildman–Crippen LogP) is 0.978. The molecule has 0 aliphatic carbocycles. The molecule has 9 heteroatoms. The van der Waals surface area contributed by atoms with E-state index in [1.54, 1.807) is 11.7 Å². The fourth-order valence-corrected chi connectivity index (χ4v) is 2.84. The Kier molecular flexibility index (Phi) is 4.70. The van der Waals surface area contributed by atoms with Gasteiger partial charge < -0.3 is 4.74 Å². The van der Waals surface area contributed by atoms with Crippen LogP contribution in [0.25, 0.3) is 0 Å². The van der Waals surface area contributed by atoms with Crippen LogP contribution in [0.2, 0.25) is 0 Å². The number of aromatic nitrogens is 2. The molecule has 0 aromatic carbocycles. The molecule has 18 heavy (non-hydrogen) atoms. The number of ether oxygens (including phenoxy) is 1. The summed E-state index contributed by atoms with van der Waals surface area (Å²) in [5.74, 6) is 2.34. The van der Waals surface area contributed by atoms with Crippen molar-refractivity contribution in [3.63, 3.8) is 0 Å². The smallest absolute Gasteiger partial charge is 0.414 e. The summed E-state index contributed by atoms with van der Waals surface area (Å²) < 4.78 is 10.4. The Labute approximate surface area is 117 Å². The molecular formula is C9H14BrN4O3S+. The number of hydrogen-bond donors (Lipinski definition) is 1. The Balaban J connectivity index is 2.05. The number of hydrogen-bond acceptors (Lipinski definition) is 6. The molecule has 0 bridgehead atoms. The Morgan fingerprint density at radius 3 is 3.06 bits per heavy atom. The van der Waals surface area contributed by atoms with E-state index in [4.69, 9.17) is 9.26 Å². The number of rotatable bonds is 3. The van der Waals surface area contributed by atoms with Crippen molar-refractivity contribution in [3.8, 4) is 0 Å². The number of amides is 1. The fourth-order valence-electron chi connectivity index (χ4n) is 1.50. The van der Waals surface area contributed by atoms with E-state index in [1.807, 2.05) is 16.8 Å². The molecule has 0 saturated carbocycles. The van der Waals surface area contributed by atoms with Crippen molar-refractivity contribution in [2.75, 3.05) is 41.5 Å². The van der Waals surface area contributed by atoms with Crippen molar-refractivity contribution in [1.82, 2.24) is 5.27 Å². The highest BCUT2D eigenvalue weighted by Gasteiger charge is 2.30. The van der Waals surface area contributed by atoms with Crippen LogP contribution >= 0.6 is 27.7 Å². The Hall–Kier alpha value is -0.960. The summed E-state index contributed by atoms with van der Waals surface area (Å²) in [5.41, 5.74) is 0. The van der Waals surface area contributed by atoms with Gasteiger partial charge in [-0.15, -0.1) is 0 Å². The van der Waals surface area contributed by atoms with Crippen LogP contribution in [0, 0.1) is 0 Å². The second-order valence-corrected chi connectivity index (χ2v) is 5.47. The summed E-state index contributed by atoms with van der Waals surface area (Å²) in [6, 6.07) is 0. The minimum absolute atomic E-state index is 0.242. The third-order valence-corrected chi connectivity index (χ3v) is 3.94. The van der Waals surface area contributed by atoms with Crippen LogP contribution in [0.5, 0.6) is 0 Å². The number of anilines is 1. The van der Waals surface area contributed by atoms with Gasteiger partial charge in [0.15, 0.2) is 0 Å². The van der Waals surface area contributed by atoms with E-state index in [0.29, 0.717) is 11.2 Å². The van der Waals surface area contributed by atoms with E-state index in [2.05, 4.69) is 26.5 Å². The highest BCUT2D eigenvalue weighted by molar-refractivity contribution is 9.10. The average Bonchev–Trinajstić information content (AvgIpc) is 2.72. The minimum atomic E-state index is -0.560. The zero-order valence-electron chi connectivity index (χ0n) is 9.89. The number of carbonyl (C=O) groups is 1. The summed E-state index contributed by atoms with van der Waals surface area (Å²) >= 11 is 5.26. The number of thioether (sulfide) groups is 1. The van der Waals surface area contributed by atoms with Crippen molar-refractivity contribution in [3.05, 3.63) is 4.60 Å². The summed E-state index contributed by atoms with van der Waals surface area (Å²) in [7, 11) is 0. The molecule has 0 unspecified atom stereocenters. The van der Waals surface area contributed by atoms with Crippen molar-refractivity contribution in [1.29, 1.82) is 0 Å². The summed E-state index contributed by atoms with van der Waals surface area (Å²) in [6.45, 7) is 3.82. The lowest BCUT2D eigenvalue weighted by atomic mass is 10.6. The first kappa shape index (κ1) is 13.5. The summed E-state index contributed by atoms with van der Waals surface area (Å²) in [4.78, 5) is 12.9. The van der Waals surface area contributed by atoms with Gasteiger partial charge in [0, 0.05) is 27.4 Å². The molecule has 0 atom stereocenters. The monoisotopic (exact) mass is 337 g/mol. The normalized spacial score (nSPS) is 15.6. The molecule has 100 valence electrons. The van der Waals surface area contributed by atoms with Gasteiger partial charge in [-0.1, -0.05) is 0 Å². The standard InChI is InChI=1S/C9H13BrN4O3S/c1-2-16-9(15)11-8-7(10)14(12-17-8)13-3-5-18-6-4-13/h2-6H2,1H3/p+1. The molecule has 1 saturated heterocycles. The van der Waals surface area contributed by atoms with Crippen molar-refractivity contribution >= 4 is 39.7 Å². The molecule has 1 aromatic heterocycles. The summed E-state index contributed by atoms with van der Waals surface area (Å²) in [6.07, 6.45) is -0.560. The van der Waals surface area contributed by atoms with Crippen molar-refractivity contribution < 1.29 is 18.8 Å². The summed E-state index contributed by atoms with van der Waals surface area (Å²) in [5, 5.41) is 8.42. The maximum atomic E-state index is 11.3. The lowest BCUT2D eigenvalue weighted by Gasteiger charge is -2.18. The molecule has 1 aliphatic heterocycles. The Bertz CT molecular complexity index is 422. The number of carbonyl (C=O) groups excluding carboxylic acids is 1.